The Hall–Kier alpha value is -2.34. The van der Waals surface area contributed by atoms with Gasteiger partial charge in [-0.05, 0) is 72.1 Å². The summed E-state index contributed by atoms with van der Waals surface area (Å²) in [7, 11) is 0. The maximum Gasteiger partial charge on any atom is 0.255 e. The third-order valence-corrected chi connectivity index (χ3v) is 5.48. The standard InChI is InChI=1S/C22H25BrN2O3/c1-2-28-20-12-11-16(13-19(20)23)22(27)25-18-10-6-9-17(14-18)24-21(26)15-7-4-3-5-8-15/h6,9-15H,2-5,7-8H2,1H3,(H,24,26)(H,25,27). The molecule has 1 aliphatic carbocycles. The van der Waals surface area contributed by atoms with Crippen molar-refractivity contribution in [2.24, 2.45) is 5.92 Å². The molecule has 0 aliphatic heterocycles. The molecule has 2 aromatic rings. The number of carbonyl (C=O) groups is 2. The predicted molar refractivity (Wildman–Crippen MR) is 115 cm³/mol. The highest BCUT2D eigenvalue weighted by atomic mass is 79.9. The van der Waals surface area contributed by atoms with Gasteiger partial charge in [0.1, 0.15) is 5.75 Å². The Labute approximate surface area is 174 Å². The molecule has 0 unspecified atom stereocenters. The molecule has 2 amide bonds. The molecule has 148 valence electrons. The molecule has 0 heterocycles. The van der Waals surface area contributed by atoms with Gasteiger partial charge in [-0.2, -0.15) is 0 Å². The van der Waals surface area contributed by atoms with Crippen LogP contribution in [-0.4, -0.2) is 18.4 Å². The molecule has 28 heavy (non-hydrogen) atoms. The predicted octanol–water partition coefficient (Wildman–Crippen LogP) is 5.62. The van der Waals surface area contributed by atoms with E-state index in [1.165, 1.54) is 6.42 Å². The zero-order valence-electron chi connectivity index (χ0n) is 16.0. The smallest absolute Gasteiger partial charge is 0.255 e. The molecule has 1 aliphatic rings. The molecule has 1 fully saturated rings. The molecule has 3 rings (SSSR count). The van der Waals surface area contributed by atoms with Crippen LogP contribution in [0.1, 0.15) is 49.4 Å². The summed E-state index contributed by atoms with van der Waals surface area (Å²) in [6.07, 6.45) is 5.36. The number of amides is 2. The summed E-state index contributed by atoms with van der Waals surface area (Å²) in [6.45, 7) is 2.47. The minimum atomic E-state index is -0.223. The summed E-state index contributed by atoms with van der Waals surface area (Å²) in [5, 5.41) is 5.86. The minimum Gasteiger partial charge on any atom is -0.493 e. The summed E-state index contributed by atoms with van der Waals surface area (Å²) in [6, 6.07) is 12.5. The molecule has 0 saturated heterocycles. The largest absolute Gasteiger partial charge is 0.493 e. The van der Waals surface area contributed by atoms with Gasteiger partial charge < -0.3 is 15.4 Å². The van der Waals surface area contributed by atoms with Gasteiger partial charge in [-0.15, -0.1) is 0 Å². The fraction of sp³-hybridized carbons (Fsp3) is 0.364. The van der Waals surface area contributed by atoms with E-state index in [2.05, 4.69) is 26.6 Å². The normalized spacial score (nSPS) is 14.4. The van der Waals surface area contributed by atoms with Gasteiger partial charge in [0.2, 0.25) is 5.91 Å². The molecule has 2 aromatic carbocycles. The Bertz CT molecular complexity index is 847. The molecular formula is C22H25BrN2O3. The van der Waals surface area contributed by atoms with Crippen LogP contribution in [0.15, 0.2) is 46.9 Å². The number of anilines is 2. The minimum absolute atomic E-state index is 0.0682. The van der Waals surface area contributed by atoms with Crippen molar-refractivity contribution in [3.63, 3.8) is 0 Å². The second-order valence-electron chi connectivity index (χ2n) is 6.94. The van der Waals surface area contributed by atoms with E-state index in [1.807, 2.05) is 19.1 Å². The van der Waals surface area contributed by atoms with Crippen LogP contribution >= 0.6 is 15.9 Å². The van der Waals surface area contributed by atoms with Crippen LogP contribution in [0, 0.1) is 5.92 Å². The van der Waals surface area contributed by atoms with E-state index < -0.39 is 0 Å². The topological polar surface area (TPSA) is 67.4 Å². The van der Waals surface area contributed by atoms with E-state index in [1.54, 1.807) is 30.3 Å². The Morgan fingerprint density at radius 2 is 1.75 bits per heavy atom. The van der Waals surface area contributed by atoms with Crippen LogP contribution < -0.4 is 15.4 Å². The molecule has 0 atom stereocenters. The van der Waals surface area contributed by atoms with Crippen molar-refractivity contribution in [1.29, 1.82) is 0 Å². The van der Waals surface area contributed by atoms with Gasteiger partial charge in [0, 0.05) is 22.9 Å². The highest BCUT2D eigenvalue weighted by molar-refractivity contribution is 9.10. The van der Waals surface area contributed by atoms with Gasteiger partial charge in [-0.1, -0.05) is 25.3 Å². The lowest BCUT2D eigenvalue weighted by Gasteiger charge is -2.20. The Morgan fingerprint density at radius 3 is 2.43 bits per heavy atom. The van der Waals surface area contributed by atoms with Crippen LogP contribution in [0.5, 0.6) is 5.75 Å². The first-order valence-corrected chi connectivity index (χ1v) is 10.5. The Balaban J connectivity index is 1.64. The lowest BCUT2D eigenvalue weighted by Crippen LogP contribution is -2.24. The number of halogens is 1. The van der Waals surface area contributed by atoms with Gasteiger partial charge in [-0.25, -0.2) is 0 Å². The molecule has 0 bridgehead atoms. The second kappa shape index (κ2) is 9.73. The number of carbonyl (C=O) groups excluding carboxylic acids is 2. The Kier molecular flexibility index (Phi) is 7.09. The van der Waals surface area contributed by atoms with Crippen molar-refractivity contribution in [2.45, 2.75) is 39.0 Å². The zero-order chi connectivity index (χ0) is 19.9. The summed E-state index contributed by atoms with van der Waals surface area (Å²) >= 11 is 3.43. The third-order valence-electron chi connectivity index (χ3n) is 4.86. The van der Waals surface area contributed by atoms with Gasteiger partial charge in [0.15, 0.2) is 0 Å². The fourth-order valence-electron chi connectivity index (χ4n) is 3.40. The van der Waals surface area contributed by atoms with Gasteiger partial charge >= 0.3 is 0 Å². The Morgan fingerprint density at radius 1 is 1.04 bits per heavy atom. The third kappa shape index (κ3) is 5.35. The number of nitrogens with one attached hydrogen (secondary N) is 2. The van der Waals surface area contributed by atoms with Crippen molar-refractivity contribution in [1.82, 2.24) is 0 Å². The average Bonchev–Trinajstić information content (AvgIpc) is 2.70. The van der Waals surface area contributed by atoms with Crippen molar-refractivity contribution in [3.05, 3.63) is 52.5 Å². The van der Waals surface area contributed by atoms with Gasteiger partial charge in [0.25, 0.3) is 5.91 Å². The average molecular weight is 445 g/mol. The molecule has 5 nitrogen and oxygen atoms in total. The molecular weight excluding hydrogens is 420 g/mol. The van der Waals surface area contributed by atoms with Crippen LogP contribution in [0.2, 0.25) is 0 Å². The molecule has 0 radical (unpaired) electrons. The number of ether oxygens (including phenoxy) is 1. The number of rotatable bonds is 6. The fourth-order valence-corrected chi connectivity index (χ4v) is 3.89. The van der Waals surface area contributed by atoms with Crippen molar-refractivity contribution >= 4 is 39.1 Å². The quantitative estimate of drug-likeness (QED) is 0.607. The van der Waals surface area contributed by atoms with E-state index >= 15 is 0 Å². The monoisotopic (exact) mass is 444 g/mol. The van der Waals surface area contributed by atoms with Crippen molar-refractivity contribution in [2.75, 3.05) is 17.2 Å². The summed E-state index contributed by atoms with van der Waals surface area (Å²) in [4.78, 5) is 25.0. The zero-order valence-corrected chi connectivity index (χ0v) is 17.6. The maximum atomic E-state index is 12.6. The molecule has 1 saturated carbocycles. The maximum absolute atomic E-state index is 12.6. The first-order valence-electron chi connectivity index (χ1n) is 9.71. The lowest BCUT2D eigenvalue weighted by atomic mass is 9.88. The van der Waals surface area contributed by atoms with Crippen LogP contribution in [-0.2, 0) is 4.79 Å². The summed E-state index contributed by atoms with van der Waals surface area (Å²) < 4.78 is 6.21. The van der Waals surface area contributed by atoms with Gasteiger partial charge in [-0.3, -0.25) is 9.59 Å². The molecule has 6 heteroatoms. The van der Waals surface area contributed by atoms with Crippen LogP contribution in [0.4, 0.5) is 11.4 Å². The lowest BCUT2D eigenvalue weighted by molar-refractivity contribution is -0.120. The molecule has 0 spiro atoms. The summed E-state index contributed by atoms with van der Waals surface area (Å²) in [5.74, 6) is 0.637. The van der Waals surface area contributed by atoms with E-state index in [-0.39, 0.29) is 17.7 Å². The van der Waals surface area contributed by atoms with E-state index in [0.29, 0.717) is 29.3 Å². The molecule has 2 N–H and O–H groups in total. The van der Waals surface area contributed by atoms with Crippen molar-refractivity contribution < 1.29 is 14.3 Å². The number of hydrogen-bond donors (Lipinski definition) is 2. The first-order chi connectivity index (χ1) is 13.6. The van der Waals surface area contributed by atoms with Crippen molar-refractivity contribution in [3.8, 4) is 5.75 Å². The van der Waals surface area contributed by atoms with Crippen LogP contribution in [0.25, 0.3) is 0 Å². The second-order valence-corrected chi connectivity index (χ2v) is 7.79. The number of benzene rings is 2. The first kappa shape index (κ1) is 20.4. The number of hydrogen-bond acceptors (Lipinski definition) is 3. The molecule has 0 aromatic heterocycles. The SMILES string of the molecule is CCOc1ccc(C(=O)Nc2cccc(NC(=O)C3CCCCC3)c2)cc1Br. The van der Waals surface area contributed by atoms with Gasteiger partial charge in [0.05, 0.1) is 11.1 Å². The van der Waals surface area contributed by atoms with E-state index in [0.717, 1.165) is 30.2 Å². The van der Waals surface area contributed by atoms with Crippen LogP contribution in [0.3, 0.4) is 0 Å². The van der Waals surface area contributed by atoms with E-state index in [4.69, 9.17) is 4.74 Å². The van der Waals surface area contributed by atoms with E-state index in [9.17, 15) is 9.59 Å². The summed E-state index contributed by atoms with van der Waals surface area (Å²) in [5.41, 5.74) is 1.85. The highest BCUT2D eigenvalue weighted by Crippen LogP contribution is 2.27. The highest BCUT2D eigenvalue weighted by Gasteiger charge is 2.21.